The van der Waals surface area contributed by atoms with E-state index in [9.17, 15) is 14.9 Å². The van der Waals surface area contributed by atoms with E-state index in [4.69, 9.17) is 5.73 Å². The van der Waals surface area contributed by atoms with Gasteiger partial charge >= 0.3 is 0 Å². The van der Waals surface area contributed by atoms with E-state index in [2.05, 4.69) is 10.3 Å². The first-order valence-electron chi connectivity index (χ1n) is 5.79. The maximum atomic E-state index is 11.9. The second-order valence-electron chi connectivity index (χ2n) is 4.07. The largest absolute Gasteiger partial charge is 0.398 e. The highest BCUT2D eigenvalue weighted by Gasteiger charge is 2.10. The number of nitro benzene ring substituents is 1. The Morgan fingerprint density at radius 3 is 2.90 bits per heavy atom. The number of benzene rings is 1. The molecule has 0 unspecified atom stereocenters. The normalized spacial score (nSPS) is 10.0. The zero-order valence-corrected chi connectivity index (χ0v) is 10.4. The number of nitrogens with one attached hydrogen (secondary N) is 1. The van der Waals surface area contributed by atoms with E-state index in [0.717, 1.165) is 0 Å². The number of aromatic nitrogens is 1. The Bertz CT molecular complexity index is 658. The zero-order valence-electron chi connectivity index (χ0n) is 10.4. The van der Waals surface area contributed by atoms with Gasteiger partial charge in [0.15, 0.2) is 0 Å². The molecule has 1 amide bonds. The highest BCUT2D eigenvalue weighted by molar-refractivity contribution is 5.98. The highest BCUT2D eigenvalue weighted by atomic mass is 16.6. The minimum Gasteiger partial charge on any atom is -0.398 e. The molecule has 0 aliphatic carbocycles. The van der Waals surface area contributed by atoms with Gasteiger partial charge in [0.05, 0.1) is 10.5 Å². The lowest BCUT2D eigenvalue weighted by molar-refractivity contribution is -0.384. The average Bonchev–Trinajstić information content (AvgIpc) is 2.45. The van der Waals surface area contributed by atoms with Gasteiger partial charge in [0, 0.05) is 36.8 Å². The van der Waals surface area contributed by atoms with Crippen molar-refractivity contribution in [1.82, 2.24) is 10.3 Å². The summed E-state index contributed by atoms with van der Waals surface area (Å²) in [5.74, 6) is -0.373. The van der Waals surface area contributed by atoms with E-state index in [-0.39, 0.29) is 23.7 Å². The predicted molar refractivity (Wildman–Crippen MR) is 72.9 cm³/mol. The third-order valence-corrected chi connectivity index (χ3v) is 2.67. The first-order chi connectivity index (χ1) is 9.58. The summed E-state index contributed by atoms with van der Waals surface area (Å²) in [4.78, 5) is 25.9. The van der Waals surface area contributed by atoms with Crippen molar-refractivity contribution in [3.05, 3.63) is 64.0 Å². The molecule has 0 bridgehead atoms. The Morgan fingerprint density at radius 2 is 2.20 bits per heavy atom. The van der Waals surface area contributed by atoms with Gasteiger partial charge in [-0.25, -0.2) is 0 Å². The van der Waals surface area contributed by atoms with Gasteiger partial charge in [-0.05, 0) is 11.6 Å². The molecule has 0 aliphatic rings. The van der Waals surface area contributed by atoms with Gasteiger partial charge in [-0.3, -0.25) is 19.9 Å². The molecule has 0 radical (unpaired) electrons. The highest BCUT2D eigenvalue weighted by Crippen LogP contribution is 2.13. The van der Waals surface area contributed by atoms with Crippen LogP contribution in [-0.4, -0.2) is 15.8 Å². The van der Waals surface area contributed by atoms with Gasteiger partial charge in [-0.15, -0.1) is 0 Å². The lowest BCUT2D eigenvalue weighted by atomic mass is 10.2. The quantitative estimate of drug-likeness (QED) is 0.647. The summed E-state index contributed by atoms with van der Waals surface area (Å²) in [6.07, 6.45) is 2.87. The van der Waals surface area contributed by atoms with E-state index in [1.54, 1.807) is 12.1 Å². The summed E-state index contributed by atoms with van der Waals surface area (Å²) in [6, 6.07) is 7.59. The molecule has 102 valence electrons. The minimum absolute atomic E-state index is 0.0161. The van der Waals surface area contributed by atoms with Gasteiger partial charge in [-0.1, -0.05) is 12.1 Å². The van der Waals surface area contributed by atoms with Crippen molar-refractivity contribution in [2.75, 3.05) is 5.73 Å². The summed E-state index contributed by atoms with van der Waals surface area (Å²) in [6.45, 7) is 0.175. The first kappa shape index (κ1) is 13.5. The summed E-state index contributed by atoms with van der Waals surface area (Å²) < 4.78 is 0. The summed E-state index contributed by atoms with van der Waals surface area (Å²) in [5.41, 5.74) is 6.89. The smallest absolute Gasteiger partial charge is 0.269 e. The first-order valence-corrected chi connectivity index (χ1v) is 5.79. The number of rotatable bonds is 4. The van der Waals surface area contributed by atoms with Crippen molar-refractivity contribution in [1.29, 1.82) is 0 Å². The van der Waals surface area contributed by atoms with Crippen LogP contribution in [0.1, 0.15) is 15.9 Å². The zero-order chi connectivity index (χ0) is 14.5. The fourth-order valence-corrected chi connectivity index (χ4v) is 1.65. The number of hydrogen-bond donors (Lipinski definition) is 2. The van der Waals surface area contributed by atoms with Crippen LogP contribution in [0.5, 0.6) is 0 Å². The van der Waals surface area contributed by atoms with E-state index in [1.807, 2.05) is 0 Å². The number of nitrogen functional groups attached to an aromatic ring is 1. The summed E-state index contributed by atoms with van der Waals surface area (Å²) in [7, 11) is 0. The summed E-state index contributed by atoms with van der Waals surface area (Å²) in [5, 5.41) is 13.3. The molecule has 7 nitrogen and oxygen atoms in total. The number of amides is 1. The third kappa shape index (κ3) is 3.08. The second kappa shape index (κ2) is 5.79. The molecule has 0 atom stereocenters. The Morgan fingerprint density at radius 1 is 1.40 bits per heavy atom. The van der Waals surface area contributed by atoms with Crippen LogP contribution in [0.25, 0.3) is 0 Å². The topological polar surface area (TPSA) is 111 Å². The molecule has 0 aliphatic heterocycles. The van der Waals surface area contributed by atoms with E-state index < -0.39 is 4.92 Å². The lowest BCUT2D eigenvalue weighted by Gasteiger charge is -2.06. The SMILES string of the molecule is Nc1ccncc1C(=O)NCc1cccc([N+](=O)[O-])c1. The van der Waals surface area contributed by atoms with Crippen LogP contribution in [0, 0.1) is 10.1 Å². The van der Waals surface area contributed by atoms with Gasteiger partial charge in [0.1, 0.15) is 0 Å². The third-order valence-electron chi connectivity index (χ3n) is 2.67. The molecule has 0 saturated carbocycles. The number of nitrogens with two attached hydrogens (primary N) is 1. The molecule has 1 aromatic heterocycles. The van der Waals surface area contributed by atoms with Crippen LogP contribution in [0.3, 0.4) is 0 Å². The number of carbonyl (C=O) groups is 1. The average molecular weight is 272 g/mol. The van der Waals surface area contributed by atoms with Gasteiger partial charge in [-0.2, -0.15) is 0 Å². The Kier molecular flexibility index (Phi) is 3.90. The molecule has 2 aromatic rings. The number of carbonyl (C=O) groups excluding carboxylic acids is 1. The molecule has 20 heavy (non-hydrogen) atoms. The fraction of sp³-hybridized carbons (Fsp3) is 0.0769. The minimum atomic E-state index is -0.482. The maximum absolute atomic E-state index is 11.9. The molecule has 0 spiro atoms. The Labute approximate surface area is 114 Å². The van der Waals surface area contributed by atoms with Crippen LogP contribution in [0.4, 0.5) is 11.4 Å². The number of pyridine rings is 1. The van der Waals surface area contributed by atoms with Crippen molar-refractivity contribution < 1.29 is 9.72 Å². The molecule has 0 fully saturated rings. The molecular weight excluding hydrogens is 260 g/mol. The fourth-order valence-electron chi connectivity index (χ4n) is 1.65. The second-order valence-corrected chi connectivity index (χ2v) is 4.07. The van der Waals surface area contributed by atoms with Crippen molar-refractivity contribution in [2.45, 2.75) is 6.54 Å². The van der Waals surface area contributed by atoms with Crippen molar-refractivity contribution >= 4 is 17.3 Å². The van der Waals surface area contributed by atoms with E-state index >= 15 is 0 Å². The van der Waals surface area contributed by atoms with Gasteiger partial charge in [0.2, 0.25) is 0 Å². The van der Waals surface area contributed by atoms with Crippen molar-refractivity contribution in [3.63, 3.8) is 0 Å². The van der Waals surface area contributed by atoms with Crippen LogP contribution in [0.15, 0.2) is 42.7 Å². The van der Waals surface area contributed by atoms with Crippen LogP contribution in [-0.2, 0) is 6.54 Å². The molecule has 3 N–H and O–H groups in total. The van der Waals surface area contributed by atoms with Crippen molar-refractivity contribution in [2.24, 2.45) is 0 Å². The molecule has 0 saturated heterocycles. The number of non-ortho nitro benzene ring substituents is 1. The molecular formula is C13H12N4O3. The monoisotopic (exact) mass is 272 g/mol. The van der Waals surface area contributed by atoms with Crippen molar-refractivity contribution in [3.8, 4) is 0 Å². The number of nitrogens with zero attached hydrogens (tertiary/aromatic N) is 2. The van der Waals surface area contributed by atoms with Gasteiger partial charge < -0.3 is 11.1 Å². The van der Waals surface area contributed by atoms with Crippen LogP contribution in [0.2, 0.25) is 0 Å². The van der Waals surface area contributed by atoms with Crippen LogP contribution < -0.4 is 11.1 Å². The molecule has 2 rings (SSSR count). The standard InChI is InChI=1S/C13H12N4O3/c14-12-4-5-15-8-11(12)13(18)16-7-9-2-1-3-10(6-9)17(19)20/h1-6,8H,7H2,(H2,14,15)(H,16,18). The predicted octanol–water partition coefficient (Wildman–Crippen LogP) is 1.50. The molecule has 1 heterocycles. The molecule has 7 heteroatoms. The lowest BCUT2D eigenvalue weighted by Crippen LogP contribution is -2.24. The summed E-state index contributed by atoms with van der Waals surface area (Å²) >= 11 is 0. The van der Waals surface area contributed by atoms with Crippen LogP contribution >= 0.6 is 0 Å². The Hall–Kier alpha value is -2.96. The van der Waals surface area contributed by atoms with E-state index in [0.29, 0.717) is 11.3 Å². The number of anilines is 1. The maximum Gasteiger partial charge on any atom is 0.269 e. The Balaban J connectivity index is 2.06. The molecule has 1 aromatic carbocycles. The number of hydrogen-bond acceptors (Lipinski definition) is 5. The van der Waals surface area contributed by atoms with E-state index in [1.165, 1.54) is 30.6 Å². The van der Waals surface area contributed by atoms with Gasteiger partial charge in [0.25, 0.3) is 11.6 Å². The number of nitro groups is 1.